The number of hydrazine groups is 1. The molecule has 0 aliphatic heterocycles. The fraction of sp³-hybridized carbons (Fsp3) is 0.533. The van der Waals surface area contributed by atoms with Gasteiger partial charge in [0, 0.05) is 18.7 Å². The van der Waals surface area contributed by atoms with E-state index in [1.165, 1.54) is 57.8 Å². The number of carbonyl (C=O) groups is 2. The molecule has 0 atom stereocenters. The van der Waals surface area contributed by atoms with Crippen LogP contribution < -0.4 is 20.9 Å². The van der Waals surface area contributed by atoms with Crippen LogP contribution in [0.25, 0.3) is 0 Å². The molecule has 0 unspecified atom stereocenters. The third-order valence-corrected chi connectivity index (χ3v) is 6.70. The average Bonchev–Trinajstić information content (AvgIpc) is 2.93. The molecule has 208 valence electrons. The Hall–Kier alpha value is -3.26. The van der Waals surface area contributed by atoms with Crippen molar-refractivity contribution in [1.82, 2.24) is 10.9 Å². The van der Waals surface area contributed by atoms with Gasteiger partial charge in [-0.15, -0.1) is 0 Å². The minimum atomic E-state index is -0.519. The van der Waals surface area contributed by atoms with Crippen LogP contribution in [0, 0.1) is 0 Å². The Morgan fingerprint density at radius 2 is 1.32 bits per heavy atom. The van der Waals surface area contributed by atoms with Gasteiger partial charge in [0.05, 0.1) is 6.10 Å². The summed E-state index contributed by atoms with van der Waals surface area (Å²) in [5.74, 6) is 1.15. The zero-order valence-electron chi connectivity index (χ0n) is 22.4. The lowest BCUT2D eigenvalue weighted by atomic mass is 9.98. The predicted molar refractivity (Wildman–Crippen MR) is 149 cm³/mol. The summed E-state index contributed by atoms with van der Waals surface area (Å²) in [5, 5.41) is 12.0. The maximum absolute atomic E-state index is 12.0. The first kappa shape index (κ1) is 29.3. The summed E-state index contributed by atoms with van der Waals surface area (Å²) in [6.07, 6.45) is 16.5. The van der Waals surface area contributed by atoms with Gasteiger partial charge < -0.3 is 19.9 Å². The smallest absolute Gasteiger partial charge is 0.337 e. The van der Waals surface area contributed by atoms with Crippen molar-refractivity contribution in [2.24, 2.45) is 0 Å². The number of aromatic hydroxyl groups is 1. The van der Waals surface area contributed by atoms with E-state index < -0.39 is 6.03 Å². The van der Waals surface area contributed by atoms with Gasteiger partial charge in [0.15, 0.2) is 0 Å². The molecule has 1 fully saturated rings. The molecule has 1 saturated carbocycles. The molecule has 1 aliphatic carbocycles. The van der Waals surface area contributed by atoms with Crippen molar-refractivity contribution < 1.29 is 24.2 Å². The van der Waals surface area contributed by atoms with E-state index in [-0.39, 0.29) is 11.7 Å². The molecule has 0 bridgehead atoms. The molecule has 8 nitrogen and oxygen atoms in total. The third-order valence-electron chi connectivity index (χ3n) is 6.70. The summed E-state index contributed by atoms with van der Waals surface area (Å²) < 4.78 is 11.7. The highest BCUT2D eigenvalue weighted by molar-refractivity contribution is 5.90. The van der Waals surface area contributed by atoms with Gasteiger partial charge in [-0.2, -0.15) is 0 Å². The maximum Gasteiger partial charge on any atom is 0.337 e. The Morgan fingerprint density at radius 1 is 0.737 bits per heavy atom. The van der Waals surface area contributed by atoms with E-state index in [0.29, 0.717) is 29.7 Å². The summed E-state index contributed by atoms with van der Waals surface area (Å²) in [4.78, 5) is 24.0. The molecule has 4 N–H and O–H groups in total. The quantitative estimate of drug-likeness (QED) is 0.145. The summed E-state index contributed by atoms with van der Waals surface area (Å²) in [6.45, 7) is 0.912. The largest absolute Gasteiger partial charge is 0.508 e. The highest BCUT2D eigenvalue weighted by atomic mass is 16.5. The highest BCUT2D eigenvalue weighted by Crippen LogP contribution is 2.24. The number of amides is 3. The van der Waals surface area contributed by atoms with Crippen LogP contribution in [0.3, 0.4) is 0 Å². The molecule has 1 aliphatic rings. The van der Waals surface area contributed by atoms with Crippen molar-refractivity contribution in [3.8, 4) is 17.2 Å². The van der Waals surface area contributed by atoms with Crippen LogP contribution in [-0.2, 0) is 9.53 Å². The fourth-order valence-electron chi connectivity index (χ4n) is 4.54. The second-order valence-corrected chi connectivity index (χ2v) is 9.96. The first-order chi connectivity index (χ1) is 18.6. The van der Waals surface area contributed by atoms with Gasteiger partial charge in [0.25, 0.3) is 0 Å². The van der Waals surface area contributed by atoms with Crippen LogP contribution in [-0.4, -0.2) is 29.8 Å². The first-order valence-electron chi connectivity index (χ1n) is 14.1. The molecule has 2 aromatic rings. The lowest BCUT2D eigenvalue weighted by Gasteiger charge is -2.21. The van der Waals surface area contributed by atoms with E-state index in [1.54, 1.807) is 48.5 Å². The number of nitrogens with one attached hydrogen (secondary N) is 3. The summed E-state index contributed by atoms with van der Waals surface area (Å²) in [7, 11) is 0. The fourth-order valence-corrected chi connectivity index (χ4v) is 4.54. The number of phenols is 1. The first-order valence-corrected chi connectivity index (χ1v) is 14.1. The predicted octanol–water partition coefficient (Wildman–Crippen LogP) is 7.20. The summed E-state index contributed by atoms with van der Waals surface area (Å²) in [6, 6.07) is 12.7. The monoisotopic (exact) mass is 525 g/mol. The molecule has 0 heterocycles. The molecule has 2 aromatic carbocycles. The second-order valence-electron chi connectivity index (χ2n) is 9.96. The van der Waals surface area contributed by atoms with Gasteiger partial charge in [-0.25, -0.2) is 10.2 Å². The van der Waals surface area contributed by atoms with E-state index in [0.717, 1.165) is 32.3 Å². The zero-order valence-corrected chi connectivity index (χ0v) is 22.4. The molecule has 38 heavy (non-hydrogen) atoms. The van der Waals surface area contributed by atoms with Crippen molar-refractivity contribution in [3.63, 3.8) is 0 Å². The number of anilines is 1. The molecule has 0 aromatic heterocycles. The molecule has 0 radical (unpaired) electrons. The number of hydrogen-bond acceptors (Lipinski definition) is 5. The van der Waals surface area contributed by atoms with Crippen LogP contribution in [0.1, 0.15) is 89.9 Å². The van der Waals surface area contributed by atoms with Gasteiger partial charge in [0.1, 0.15) is 17.2 Å². The Balaban J connectivity index is 1.14. The molecular weight excluding hydrogens is 482 g/mol. The van der Waals surface area contributed by atoms with Crippen LogP contribution in [0.15, 0.2) is 48.5 Å². The van der Waals surface area contributed by atoms with Crippen molar-refractivity contribution in [3.05, 3.63) is 48.5 Å². The molecular formula is C30H43N3O5. The van der Waals surface area contributed by atoms with E-state index >= 15 is 0 Å². The number of phenolic OH excluding ortho intramolecular Hbond substituents is 1. The van der Waals surface area contributed by atoms with Gasteiger partial charge >= 0.3 is 6.03 Å². The Morgan fingerprint density at radius 3 is 1.97 bits per heavy atom. The number of urea groups is 1. The second kappa shape index (κ2) is 17.3. The number of rotatable bonds is 15. The van der Waals surface area contributed by atoms with Crippen LogP contribution in [0.4, 0.5) is 10.5 Å². The van der Waals surface area contributed by atoms with Crippen LogP contribution in [0.2, 0.25) is 0 Å². The van der Waals surface area contributed by atoms with Crippen LogP contribution >= 0.6 is 0 Å². The Labute approximate surface area is 226 Å². The van der Waals surface area contributed by atoms with E-state index in [4.69, 9.17) is 9.47 Å². The van der Waals surface area contributed by atoms with Gasteiger partial charge in [-0.05, 0) is 74.2 Å². The molecule has 0 saturated heterocycles. The lowest BCUT2D eigenvalue weighted by Crippen LogP contribution is -2.43. The SMILES string of the molecule is O=C(CCCCCCCCCCOC1CCCCC1)NNC(=O)Nc1ccc(Oc2ccc(O)cc2)cc1. The zero-order chi connectivity index (χ0) is 26.8. The van der Waals surface area contributed by atoms with Crippen molar-refractivity contribution in [2.45, 2.75) is 96.0 Å². The standard InChI is InChI=1S/C30H43N3O5/c34-25-17-21-28(22-18-25)38-27-19-15-24(16-20-27)31-30(36)33-32-29(35)14-10-5-3-1-2-4-6-11-23-37-26-12-8-7-9-13-26/h15-22,26,34H,1-14,23H2,(H,32,35)(H2,31,33,36). The van der Waals surface area contributed by atoms with Gasteiger partial charge in [-0.3, -0.25) is 10.2 Å². The van der Waals surface area contributed by atoms with Crippen molar-refractivity contribution >= 4 is 17.6 Å². The average molecular weight is 526 g/mol. The Bertz CT molecular complexity index is 943. The maximum atomic E-state index is 12.0. The normalized spacial score (nSPS) is 13.6. The van der Waals surface area contributed by atoms with Gasteiger partial charge in [-0.1, -0.05) is 57.8 Å². The molecule has 3 rings (SSSR count). The van der Waals surface area contributed by atoms with E-state index in [1.807, 2.05) is 0 Å². The molecule has 0 spiro atoms. The van der Waals surface area contributed by atoms with E-state index in [2.05, 4.69) is 16.2 Å². The van der Waals surface area contributed by atoms with Crippen molar-refractivity contribution in [2.75, 3.05) is 11.9 Å². The number of unbranched alkanes of at least 4 members (excludes halogenated alkanes) is 7. The number of ether oxygens (including phenoxy) is 2. The Kier molecular flexibility index (Phi) is 13.3. The lowest BCUT2D eigenvalue weighted by molar-refractivity contribution is -0.121. The minimum absolute atomic E-state index is 0.169. The highest BCUT2D eigenvalue weighted by Gasteiger charge is 2.13. The topological polar surface area (TPSA) is 109 Å². The minimum Gasteiger partial charge on any atom is -0.508 e. The number of hydrogen-bond donors (Lipinski definition) is 4. The molecule has 8 heteroatoms. The summed E-state index contributed by atoms with van der Waals surface area (Å²) >= 11 is 0. The number of carbonyl (C=O) groups excluding carboxylic acids is 2. The third kappa shape index (κ3) is 12.3. The molecule has 3 amide bonds. The van der Waals surface area contributed by atoms with Crippen LogP contribution in [0.5, 0.6) is 17.2 Å². The van der Waals surface area contributed by atoms with Gasteiger partial charge in [0.2, 0.25) is 5.91 Å². The summed E-state index contributed by atoms with van der Waals surface area (Å²) in [5.41, 5.74) is 5.39. The van der Waals surface area contributed by atoms with Crippen molar-refractivity contribution in [1.29, 1.82) is 0 Å². The van der Waals surface area contributed by atoms with E-state index in [9.17, 15) is 14.7 Å². The number of benzene rings is 2.